The van der Waals surface area contributed by atoms with Crippen LogP contribution in [0.5, 0.6) is 11.5 Å². The number of ether oxygens (including phenoxy) is 2. The fourth-order valence-corrected chi connectivity index (χ4v) is 1.99. The summed E-state index contributed by atoms with van der Waals surface area (Å²) >= 11 is 5.95. The lowest BCUT2D eigenvalue weighted by molar-refractivity contribution is -0.274. The van der Waals surface area contributed by atoms with Crippen molar-refractivity contribution in [1.29, 1.82) is 0 Å². The number of hydrogen-bond acceptors (Lipinski definition) is 2. The van der Waals surface area contributed by atoms with Crippen LogP contribution in [0.1, 0.15) is 0 Å². The second kappa shape index (κ2) is 6.39. The van der Waals surface area contributed by atoms with Gasteiger partial charge in [0.05, 0.1) is 0 Å². The van der Waals surface area contributed by atoms with E-state index in [1.165, 1.54) is 30.3 Å². The molecule has 0 radical (unpaired) electrons. The Morgan fingerprint density at radius 3 is 2.32 bits per heavy atom. The molecule has 0 atom stereocenters. The van der Waals surface area contributed by atoms with Gasteiger partial charge in [0, 0.05) is 10.6 Å². The topological polar surface area (TPSA) is 18.5 Å². The van der Waals surface area contributed by atoms with Crippen molar-refractivity contribution in [3.8, 4) is 22.6 Å². The highest BCUT2D eigenvalue weighted by Gasteiger charge is 2.31. The lowest BCUT2D eigenvalue weighted by Crippen LogP contribution is -2.17. The third-order valence-corrected chi connectivity index (χ3v) is 2.87. The van der Waals surface area contributed by atoms with Crippen molar-refractivity contribution in [2.45, 2.75) is 13.0 Å². The molecule has 0 aliphatic heterocycles. The van der Waals surface area contributed by atoms with E-state index in [2.05, 4.69) is 9.47 Å². The van der Waals surface area contributed by atoms with Gasteiger partial charge in [-0.15, -0.1) is 13.2 Å². The fourth-order valence-electron chi connectivity index (χ4n) is 1.76. The molecule has 0 N–H and O–H groups in total. The maximum Gasteiger partial charge on any atom is 0.573 e. The van der Waals surface area contributed by atoms with Gasteiger partial charge < -0.3 is 9.47 Å². The summed E-state index contributed by atoms with van der Waals surface area (Å²) in [6.45, 7) is -3.02. The molecule has 0 aromatic heterocycles. The maximum atomic E-state index is 12.2. The molecule has 0 heterocycles. The Kier molecular flexibility index (Phi) is 4.75. The molecule has 118 valence electrons. The van der Waals surface area contributed by atoms with Crippen molar-refractivity contribution in [3.63, 3.8) is 0 Å². The van der Waals surface area contributed by atoms with Crippen molar-refractivity contribution in [1.82, 2.24) is 0 Å². The molecule has 0 saturated heterocycles. The van der Waals surface area contributed by atoms with E-state index in [0.29, 0.717) is 0 Å². The molecule has 2 rings (SSSR count). The second-order valence-corrected chi connectivity index (χ2v) is 4.50. The summed E-state index contributed by atoms with van der Waals surface area (Å²) in [4.78, 5) is 0. The smallest absolute Gasteiger partial charge is 0.435 e. The molecule has 0 aliphatic carbocycles. The van der Waals surface area contributed by atoms with E-state index in [0.717, 1.165) is 12.1 Å². The van der Waals surface area contributed by atoms with Crippen LogP contribution in [0.3, 0.4) is 0 Å². The average Bonchev–Trinajstić information content (AvgIpc) is 2.39. The quantitative estimate of drug-likeness (QED) is 0.685. The molecule has 2 nitrogen and oxygen atoms in total. The van der Waals surface area contributed by atoms with E-state index in [4.69, 9.17) is 11.6 Å². The Labute approximate surface area is 127 Å². The summed E-state index contributed by atoms with van der Waals surface area (Å²) in [5.41, 5.74) is 0.513. The van der Waals surface area contributed by atoms with Gasteiger partial charge in [-0.05, 0) is 35.9 Å². The zero-order chi connectivity index (χ0) is 16.3. The molecule has 8 heteroatoms. The molecular weight excluding hydrogens is 331 g/mol. The van der Waals surface area contributed by atoms with Crippen LogP contribution in [-0.2, 0) is 0 Å². The highest BCUT2D eigenvalue weighted by Crippen LogP contribution is 2.34. The highest BCUT2D eigenvalue weighted by molar-refractivity contribution is 6.33. The van der Waals surface area contributed by atoms with Crippen LogP contribution in [-0.4, -0.2) is 13.0 Å². The Balaban J connectivity index is 2.37. The summed E-state index contributed by atoms with van der Waals surface area (Å²) < 4.78 is 69.1. The van der Waals surface area contributed by atoms with Gasteiger partial charge in [0.2, 0.25) is 0 Å². The molecular formula is C14H8ClF5O2. The molecule has 2 aromatic carbocycles. The Bertz CT molecular complexity index is 658. The van der Waals surface area contributed by atoms with E-state index >= 15 is 0 Å². The number of benzene rings is 2. The average molecular weight is 339 g/mol. The third-order valence-electron chi connectivity index (χ3n) is 2.54. The first-order valence-electron chi connectivity index (χ1n) is 5.85. The van der Waals surface area contributed by atoms with Gasteiger partial charge in [-0.1, -0.05) is 23.7 Å². The van der Waals surface area contributed by atoms with E-state index in [9.17, 15) is 22.0 Å². The first kappa shape index (κ1) is 16.4. The van der Waals surface area contributed by atoms with Crippen molar-refractivity contribution in [3.05, 3.63) is 47.5 Å². The van der Waals surface area contributed by atoms with Gasteiger partial charge in [0.25, 0.3) is 0 Å². The van der Waals surface area contributed by atoms with Crippen LogP contribution >= 0.6 is 11.6 Å². The minimum Gasteiger partial charge on any atom is -0.435 e. The zero-order valence-corrected chi connectivity index (χ0v) is 11.5. The molecule has 22 heavy (non-hydrogen) atoms. The van der Waals surface area contributed by atoms with Crippen molar-refractivity contribution < 1.29 is 31.4 Å². The van der Waals surface area contributed by atoms with Gasteiger partial charge in [0.15, 0.2) is 0 Å². The van der Waals surface area contributed by atoms with E-state index in [1.807, 2.05) is 0 Å². The van der Waals surface area contributed by atoms with Crippen molar-refractivity contribution in [2.75, 3.05) is 0 Å². The molecule has 0 spiro atoms. The summed E-state index contributed by atoms with van der Waals surface area (Å²) in [5, 5.41) is 0.172. The number of halogens is 6. The van der Waals surface area contributed by atoms with E-state index in [-0.39, 0.29) is 21.9 Å². The summed E-state index contributed by atoms with van der Waals surface area (Å²) in [6.07, 6.45) is -4.83. The zero-order valence-electron chi connectivity index (χ0n) is 10.7. The third kappa shape index (κ3) is 4.49. The number of hydrogen-bond donors (Lipinski definition) is 0. The molecule has 0 aliphatic rings. The lowest BCUT2D eigenvalue weighted by Gasteiger charge is -2.12. The van der Waals surface area contributed by atoms with E-state index in [1.54, 1.807) is 0 Å². The Hall–Kier alpha value is -2.02. The van der Waals surface area contributed by atoms with Crippen LogP contribution in [0.25, 0.3) is 11.1 Å². The first-order chi connectivity index (χ1) is 10.2. The second-order valence-electron chi connectivity index (χ2n) is 4.10. The minimum absolute atomic E-state index is 0.156. The fraction of sp³-hybridized carbons (Fsp3) is 0.143. The number of alkyl halides is 5. The SMILES string of the molecule is FC(F)Oc1ccc(Cl)c(-c2cccc(OC(F)(F)F)c2)c1. The van der Waals surface area contributed by atoms with Crippen LogP contribution in [0.15, 0.2) is 42.5 Å². The molecule has 0 saturated carbocycles. The van der Waals surface area contributed by atoms with Crippen LogP contribution in [0, 0.1) is 0 Å². The van der Waals surface area contributed by atoms with Crippen molar-refractivity contribution >= 4 is 11.6 Å². The predicted octanol–water partition coefficient (Wildman–Crippen LogP) is 5.51. The normalized spacial score (nSPS) is 11.6. The molecule has 2 aromatic rings. The standard InChI is InChI=1S/C14H8ClF5O2/c15-12-5-4-9(21-13(16)17)7-11(12)8-2-1-3-10(6-8)22-14(18,19)20/h1-7,13H. The molecule has 0 unspecified atom stereocenters. The lowest BCUT2D eigenvalue weighted by atomic mass is 10.1. The van der Waals surface area contributed by atoms with Crippen LogP contribution in [0.4, 0.5) is 22.0 Å². The predicted molar refractivity (Wildman–Crippen MR) is 70.2 cm³/mol. The van der Waals surface area contributed by atoms with Gasteiger partial charge in [0.1, 0.15) is 11.5 Å². The first-order valence-corrected chi connectivity index (χ1v) is 6.23. The van der Waals surface area contributed by atoms with Crippen molar-refractivity contribution in [2.24, 2.45) is 0 Å². The summed E-state index contributed by atoms with van der Waals surface area (Å²) in [6, 6.07) is 8.76. The molecule has 0 bridgehead atoms. The molecule has 0 amide bonds. The monoisotopic (exact) mass is 338 g/mol. The maximum absolute atomic E-state index is 12.2. The van der Waals surface area contributed by atoms with Crippen LogP contribution in [0.2, 0.25) is 5.02 Å². The number of rotatable bonds is 4. The molecule has 0 fully saturated rings. The largest absolute Gasteiger partial charge is 0.573 e. The summed E-state index contributed by atoms with van der Waals surface area (Å²) in [7, 11) is 0. The van der Waals surface area contributed by atoms with Gasteiger partial charge in [-0.3, -0.25) is 0 Å². The van der Waals surface area contributed by atoms with E-state index < -0.39 is 18.7 Å². The van der Waals surface area contributed by atoms with Gasteiger partial charge >= 0.3 is 13.0 Å². The van der Waals surface area contributed by atoms with Gasteiger partial charge in [-0.25, -0.2) is 0 Å². The highest BCUT2D eigenvalue weighted by atomic mass is 35.5. The Morgan fingerprint density at radius 2 is 1.68 bits per heavy atom. The van der Waals surface area contributed by atoms with Crippen LogP contribution < -0.4 is 9.47 Å². The minimum atomic E-state index is -4.83. The van der Waals surface area contributed by atoms with Gasteiger partial charge in [-0.2, -0.15) is 8.78 Å². The summed E-state index contributed by atoms with van der Waals surface area (Å²) in [5.74, 6) is -0.599. The Morgan fingerprint density at radius 1 is 0.955 bits per heavy atom.